The van der Waals surface area contributed by atoms with Gasteiger partial charge in [0.05, 0.1) is 12.5 Å². The van der Waals surface area contributed by atoms with E-state index in [0.29, 0.717) is 6.42 Å². The Morgan fingerprint density at radius 1 is 1.45 bits per heavy atom. The van der Waals surface area contributed by atoms with Gasteiger partial charge in [-0.15, -0.1) is 0 Å². The molecule has 0 aromatic heterocycles. The van der Waals surface area contributed by atoms with E-state index in [2.05, 4.69) is 0 Å². The zero-order valence-corrected chi connectivity index (χ0v) is 6.88. The van der Waals surface area contributed by atoms with Crippen LogP contribution in [-0.4, -0.2) is 17.7 Å². The predicted octanol–water partition coefficient (Wildman–Crippen LogP) is 1.70. The zero-order valence-electron chi connectivity index (χ0n) is 6.88. The molecule has 1 N–H and O–H groups in total. The minimum atomic E-state index is -0.825. The summed E-state index contributed by atoms with van der Waals surface area (Å²) in [5.74, 6) is -1.23. The fourth-order valence-corrected chi connectivity index (χ4v) is 0.984. The van der Waals surface area contributed by atoms with Gasteiger partial charge in [0.2, 0.25) is 0 Å². The standard InChI is InChI=1S/C8H15O3/c1-2-3-4-7(5-6-9)8(10)11/h7H,2-6H2,1H3,(H,10,11). The molecule has 0 fully saturated rings. The van der Waals surface area contributed by atoms with Crippen molar-refractivity contribution in [2.24, 2.45) is 5.92 Å². The van der Waals surface area contributed by atoms with Gasteiger partial charge in [-0.05, 0) is 12.8 Å². The molecule has 0 aromatic carbocycles. The number of rotatable bonds is 6. The van der Waals surface area contributed by atoms with Gasteiger partial charge in [-0.25, -0.2) is 5.11 Å². The number of unbranched alkanes of at least 4 members (excludes halogenated alkanes) is 1. The molecule has 11 heavy (non-hydrogen) atoms. The van der Waals surface area contributed by atoms with Crippen molar-refractivity contribution in [1.29, 1.82) is 0 Å². The van der Waals surface area contributed by atoms with Gasteiger partial charge in [0.25, 0.3) is 0 Å². The molecule has 1 unspecified atom stereocenters. The molecule has 1 radical (unpaired) electrons. The van der Waals surface area contributed by atoms with Gasteiger partial charge in [0, 0.05) is 0 Å². The molecule has 0 aromatic rings. The topological polar surface area (TPSA) is 57.2 Å². The summed E-state index contributed by atoms with van der Waals surface area (Å²) < 4.78 is 0. The van der Waals surface area contributed by atoms with Gasteiger partial charge in [-0.3, -0.25) is 4.79 Å². The molecule has 0 aliphatic heterocycles. The number of carboxylic acids is 1. The molecule has 0 aliphatic carbocycles. The molecule has 1 atom stereocenters. The summed E-state index contributed by atoms with van der Waals surface area (Å²) in [7, 11) is 0. The van der Waals surface area contributed by atoms with E-state index in [9.17, 15) is 9.90 Å². The number of aliphatic carboxylic acids is 1. The summed E-state index contributed by atoms with van der Waals surface area (Å²) in [5, 5.41) is 18.7. The zero-order chi connectivity index (χ0) is 8.69. The van der Waals surface area contributed by atoms with Gasteiger partial charge in [-0.2, -0.15) is 0 Å². The first kappa shape index (κ1) is 10.4. The molecule has 0 amide bonds. The highest BCUT2D eigenvalue weighted by molar-refractivity contribution is 5.69. The SMILES string of the molecule is CCCCC(CC[O])C(=O)O. The van der Waals surface area contributed by atoms with Crippen LogP contribution < -0.4 is 0 Å². The van der Waals surface area contributed by atoms with Crippen LogP contribution in [0.1, 0.15) is 32.6 Å². The third-order valence-electron chi connectivity index (χ3n) is 1.72. The predicted molar refractivity (Wildman–Crippen MR) is 40.8 cm³/mol. The molecule has 0 rings (SSSR count). The average Bonchev–Trinajstić information content (AvgIpc) is 1.97. The van der Waals surface area contributed by atoms with Gasteiger partial charge in [-0.1, -0.05) is 19.8 Å². The number of carbonyl (C=O) groups is 1. The van der Waals surface area contributed by atoms with E-state index in [-0.39, 0.29) is 13.0 Å². The van der Waals surface area contributed by atoms with Gasteiger partial charge in [0.1, 0.15) is 0 Å². The van der Waals surface area contributed by atoms with Crippen LogP contribution in [0.25, 0.3) is 0 Å². The van der Waals surface area contributed by atoms with Gasteiger partial charge in [0.15, 0.2) is 0 Å². The Hall–Kier alpha value is -0.570. The van der Waals surface area contributed by atoms with Crippen molar-refractivity contribution in [2.45, 2.75) is 32.6 Å². The molecule has 65 valence electrons. The van der Waals surface area contributed by atoms with Crippen LogP contribution in [0, 0.1) is 5.92 Å². The van der Waals surface area contributed by atoms with E-state index in [4.69, 9.17) is 5.11 Å². The van der Waals surface area contributed by atoms with E-state index in [1.165, 1.54) is 0 Å². The van der Waals surface area contributed by atoms with Crippen LogP contribution in [0.15, 0.2) is 0 Å². The number of hydrogen-bond acceptors (Lipinski definition) is 1. The first-order valence-electron chi connectivity index (χ1n) is 4.03. The summed E-state index contributed by atoms with van der Waals surface area (Å²) in [6.07, 6.45) is 2.81. The Balaban J connectivity index is 3.60. The minimum absolute atomic E-state index is 0.273. The average molecular weight is 159 g/mol. The Bertz CT molecular complexity index is 112. The Labute approximate surface area is 67.0 Å². The summed E-state index contributed by atoms with van der Waals surface area (Å²) in [6, 6.07) is 0. The van der Waals surface area contributed by atoms with Gasteiger partial charge < -0.3 is 5.11 Å². The highest BCUT2D eigenvalue weighted by atomic mass is 16.4. The number of carboxylic acid groups (broad SMARTS) is 1. The van der Waals surface area contributed by atoms with E-state index < -0.39 is 11.9 Å². The van der Waals surface area contributed by atoms with Crippen molar-refractivity contribution in [3.8, 4) is 0 Å². The quantitative estimate of drug-likeness (QED) is 0.641. The summed E-state index contributed by atoms with van der Waals surface area (Å²) >= 11 is 0. The Morgan fingerprint density at radius 3 is 2.45 bits per heavy atom. The van der Waals surface area contributed by atoms with Crippen molar-refractivity contribution in [3.05, 3.63) is 0 Å². The lowest BCUT2D eigenvalue weighted by atomic mass is 9.99. The van der Waals surface area contributed by atoms with Crippen LogP contribution in [-0.2, 0) is 9.90 Å². The van der Waals surface area contributed by atoms with Crippen LogP contribution in [0.4, 0.5) is 0 Å². The maximum absolute atomic E-state index is 10.5. The maximum Gasteiger partial charge on any atom is 0.306 e. The molecule has 0 bridgehead atoms. The van der Waals surface area contributed by atoms with E-state index in [1.807, 2.05) is 6.92 Å². The molecule has 3 nitrogen and oxygen atoms in total. The van der Waals surface area contributed by atoms with Crippen LogP contribution in [0.5, 0.6) is 0 Å². The normalized spacial score (nSPS) is 12.9. The second-order valence-electron chi connectivity index (χ2n) is 2.67. The second kappa shape index (κ2) is 6.16. The first-order valence-corrected chi connectivity index (χ1v) is 4.03. The molecule has 0 saturated carbocycles. The molecular formula is C8H15O3. The Kier molecular flexibility index (Phi) is 5.84. The number of hydrogen-bond donors (Lipinski definition) is 1. The van der Waals surface area contributed by atoms with E-state index >= 15 is 0 Å². The van der Waals surface area contributed by atoms with Crippen LogP contribution in [0.2, 0.25) is 0 Å². The molecule has 3 heteroatoms. The van der Waals surface area contributed by atoms with Crippen molar-refractivity contribution in [2.75, 3.05) is 6.61 Å². The molecule has 0 aliphatic rings. The van der Waals surface area contributed by atoms with E-state index in [0.717, 1.165) is 12.8 Å². The minimum Gasteiger partial charge on any atom is -0.481 e. The summed E-state index contributed by atoms with van der Waals surface area (Å²) in [6.45, 7) is 1.73. The maximum atomic E-state index is 10.5. The molecule has 0 spiro atoms. The van der Waals surface area contributed by atoms with Crippen molar-refractivity contribution in [3.63, 3.8) is 0 Å². The smallest absolute Gasteiger partial charge is 0.306 e. The Morgan fingerprint density at radius 2 is 2.09 bits per heavy atom. The highest BCUT2D eigenvalue weighted by Crippen LogP contribution is 2.12. The van der Waals surface area contributed by atoms with Crippen LogP contribution in [0.3, 0.4) is 0 Å². The van der Waals surface area contributed by atoms with Crippen molar-refractivity contribution >= 4 is 5.97 Å². The van der Waals surface area contributed by atoms with Gasteiger partial charge >= 0.3 is 5.97 Å². The lowest BCUT2D eigenvalue weighted by Crippen LogP contribution is -2.14. The lowest BCUT2D eigenvalue weighted by Gasteiger charge is -2.07. The first-order chi connectivity index (χ1) is 5.22. The van der Waals surface area contributed by atoms with E-state index in [1.54, 1.807) is 0 Å². The molecular weight excluding hydrogens is 144 g/mol. The van der Waals surface area contributed by atoms with Crippen molar-refractivity contribution in [1.82, 2.24) is 0 Å². The van der Waals surface area contributed by atoms with Crippen LogP contribution >= 0.6 is 0 Å². The third kappa shape index (κ3) is 4.79. The fourth-order valence-electron chi connectivity index (χ4n) is 0.984. The molecule has 0 saturated heterocycles. The highest BCUT2D eigenvalue weighted by Gasteiger charge is 2.15. The molecule has 0 heterocycles. The second-order valence-corrected chi connectivity index (χ2v) is 2.67. The third-order valence-corrected chi connectivity index (χ3v) is 1.72. The monoisotopic (exact) mass is 159 g/mol. The summed E-state index contributed by atoms with van der Waals surface area (Å²) in [4.78, 5) is 10.5. The lowest BCUT2D eigenvalue weighted by molar-refractivity contribution is -0.142. The fraction of sp³-hybridized carbons (Fsp3) is 0.875. The van der Waals surface area contributed by atoms with Crippen molar-refractivity contribution < 1.29 is 15.0 Å². The largest absolute Gasteiger partial charge is 0.481 e. The summed E-state index contributed by atoms with van der Waals surface area (Å²) in [5.41, 5.74) is 0.